The van der Waals surface area contributed by atoms with Crippen molar-refractivity contribution in [3.8, 4) is 11.5 Å². The molecule has 0 aliphatic carbocycles. The molecule has 0 aliphatic rings. The Kier molecular flexibility index (Phi) is 7.22. The number of nitrogens with zero attached hydrogens (tertiary/aromatic N) is 1. The highest BCUT2D eigenvalue weighted by molar-refractivity contribution is 7.91. The van der Waals surface area contributed by atoms with Gasteiger partial charge in [0.2, 0.25) is 11.8 Å². The summed E-state index contributed by atoms with van der Waals surface area (Å²) in [5.41, 5.74) is 2.63. The fourth-order valence-electron chi connectivity index (χ4n) is 3.11. The van der Waals surface area contributed by atoms with Crippen LogP contribution in [0.4, 0.5) is 4.39 Å². The third kappa shape index (κ3) is 6.24. The molecule has 0 saturated heterocycles. The number of carbonyl (C=O) groups excluding carboxylic acids is 1. The highest BCUT2D eigenvalue weighted by Gasteiger charge is 2.22. The van der Waals surface area contributed by atoms with Crippen LogP contribution in [0.1, 0.15) is 29.5 Å². The third-order valence-electron chi connectivity index (χ3n) is 4.87. The van der Waals surface area contributed by atoms with E-state index < -0.39 is 33.1 Å². The number of aryl methyl sites for hydroxylation is 2. The van der Waals surface area contributed by atoms with Gasteiger partial charge in [0.25, 0.3) is 0 Å². The maximum Gasteiger partial charge on any atom is 0.235 e. The van der Waals surface area contributed by atoms with Gasteiger partial charge in [0, 0.05) is 6.54 Å². The molecule has 0 bridgehead atoms. The topological polar surface area (TPSA) is 89.3 Å². The number of hydrogen-bond acceptors (Lipinski definition) is 5. The number of sulfone groups is 1. The van der Waals surface area contributed by atoms with Crippen molar-refractivity contribution in [2.24, 2.45) is 0 Å². The molecule has 0 unspecified atom stereocenters. The van der Waals surface area contributed by atoms with Crippen LogP contribution in [-0.4, -0.2) is 31.6 Å². The van der Waals surface area contributed by atoms with Gasteiger partial charge in [0.1, 0.15) is 17.3 Å². The number of halogens is 1. The van der Waals surface area contributed by atoms with Crippen LogP contribution in [0, 0.1) is 12.7 Å². The highest BCUT2D eigenvalue weighted by Crippen LogP contribution is 2.25. The minimum absolute atomic E-state index is 0.0133. The van der Waals surface area contributed by atoms with Crippen molar-refractivity contribution in [3.05, 3.63) is 76.9 Å². The molecule has 8 heteroatoms. The van der Waals surface area contributed by atoms with Crippen LogP contribution in [0.3, 0.4) is 0 Å². The molecule has 31 heavy (non-hydrogen) atoms. The van der Waals surface area contributed by atoms with Gasteiger partial charge in [0.05, 0.1) is 17.0 Å². The Labute approximate surface area is 181 Å². The van der Waals surface area contributed by atoms with Gasteiger partial charge >= 0.3 is 0 Å². The Hall–Kier alpha value is -3.00. The summed E-state index contributed by atoms with van der Waals surface area (Å²) in [6.45, 7) is 3.99. The van der Waals surface area contributed by atoms with Crippen molar-refractivity contribution in [1.82, 2.24) is 10.3 Å². The second-order valence-corrected chi connectivity index (χ2v) is 9.37. The van der Waals surface area contributed by atoms with E-state index in [1.807, 2.05) is 24.3 Å². The standard InChI is InChI=1S/C23H25FN2O4S/c1-3-17-8-10-18(11-9-17)12-13-25-22(27)15-31(28,29)14-21-16(2)30-23(26-21)19-6-4-5-7-20(19)24/h4-11H,3,12-15H2,1-2H3,(H,25,27). The molecule has 1 amide bonds. The van der Waals surface area contributed by atoms with Crippen LogP contribution in [0.25, 0.3) is 11.5 Å². The summed E-state index contributed by atoms with van der Waals surface area (Å²) in [6.07, 6.45) is 1.58. The average molecular weight is 445 g/mol. The van der Waals surface area contributed by atoms with Gasteiger partial charge in [-0.05, 0) is 43.0 Å². The molecule has 0 radical (unpaired) electrons. The molecular weight excluding hydrogens is 419 g/mol. The molecule has 0 spiro atoms. The van der Waals surface area contributed by atoms with Crippen molar-refractivity contribution in [2.75, 3.05) is 12.3 Å². The Balaban J connectivity index is 1.56. The van der Waals surface area contributed by atoms with Crippen molar-refractivity contribution < 1.29 is 22.0 Å². The number of hydrogen-bond donors (Lipinski definition) is 1. The molecule has 3 aromatic rings. The Morgan fingerprint density at radius 2 is 1.77 bits per heavy atom. The van der Waals surface area contributed by atoms with E-state index in [1.165, 1.54) is 17.7 Å². The Morgan fingerprint density at radius 3 is 2.45 bits per heavy atom. The third-order valence-corrected chi connectivity index (χ3v) is 6.29. The zero-order valence-corrected chi connectivity index (χ0v) is 18.3. The lowest BCUT2D eigenvalue weighted by molar-refractivity contribution is -0.118. The quantitative estimate of drug-likeness (QED) is 0.544. The average Bonchev–Trinajstić information content (AvgIpc) is 3.07. The first kappa shape index (κ1) is 22.7. The molecule has 0 atom stereocenters. The second-order valence-electron chi connectivity index (χ2n) is 7.30. The summed E-state index contributed by atoms with van der Waals surface area (Å²) >= 11 is 0. The number of oxazole rings is 1. The highest BCUT2D eigenvalue weighted by atomic mass is 32.2. The summed E-state index contributed by atoms with van der Waals surface area (Å²) in [7, 11) is -3.77. The van der Waals surface area contributed by atoms with Gasteiger partial charge < -0.3 is 9.73 Å². The molecule has 1 heterocycles. The molecule has 1 aromatic heterocycles. The fraction of sp³-hybridized carbons (Fsp3) is 0.304. The van der Waals surface area contributed by atoms with E-state index in [4.69, 9.17) is 4.42 Å². The number of amides is 1. The zero-order valence-electron chi connectivity index (χ0n) is 17.5. The molecule has 1 N–H and O–H groups in total. The van der Waals surface area contributed by atoms with Crippen LogP contribution in [0.5, 0.6) is 0 Å². The molecule has 164 valence electrons. The predicted octanol–water partition coefficient (Wildman–Crippen LogP) is 3.63. The van der Waals surface area contributed by atoms with E-state index >= 15 is 0 Å². The first-order valence-electron chi connectivity index (χ1n) is 10.0. The van der Waals surface area contributed by atoms with Crippen molar-refractivity contribution in [3.63, 3.8) is 0 Å². The van der Waals surface area contributed by atoms with E-state index in [-0.39, 0.29) is 22.9 Å². The number of aromatic nitrogens is 1. The van der Waals surface area contributed by atoms with Crippen molar-refractivity contribution >= 4 is 15.7 Å². The molecule has 2 aromatic carbocycles. The first-order valence-corrected chi connectivity index (χ1v) is 11.9. The van der Waals surface area contributed by atoms with Crippen LogP contribution in [0.2, 0.25) is 0 Å². The molecular formula is C23H25FN2O4S. The van der Waals surface area contributed by atoms with Gasteiger partial charge in [-0.1, -0.05) is 43.3 Å². The number of carbonyl (C=O) groups is 1. The summed E-state index contributed by atoms with van der Waals surface area (Å²) < 4.78 is 44.3. The lowest BCUT2D eigenvalue weighted by Crippen LogP contribution is -2.32. The van der Waals surface area contributed by atoms with Gasteiger partial charge in [-0.3, -0.25) is 4.79 Å². The second kappa shape index (κ2) is 9.87. The number of rotatable bonds is 9. The summed E-state index contributed by atoms with van der Waals surface area (Å²) in [4.78, 5) is 16.2. The maximum atomic E-state index is 13.9. The van der Waals surface area contributed by atoms with Gasteiger partial charge in [-0.2, -0.15) is 0 Å². The van der Waals surface area contributed by atoms with Crippen LogP contribution in [-0.2, 0) is 33.2 Å². The Morgan fingerprint density at radius 1 is 1.10 bits per heavy atom. The van der Waals surface area contributed by atoms with Gasteiger partial charge in [-0.15, -0.1) is 0 Å². The largest absolute Gasteiger partial charge is 0.441 e. The van der Waals surface area contributed by atoms with E-state index in [0.717, 1.165) is 12.0 Å². The molecule has 6 nitrogen and oxygen atoms in total. The number of benzene rings is 2. The molecule has 0 fully saturated rings. The molecule has 3 rings (SSSR count). The summed E-state index contributed by atoms with van der Waals surface area (Å²) in [5.74, 6) is -1.90. The van der Waals surface area contributed by atoms with E-state index in [9.17, 15) is 17.6 Å². The fourth-order valence-corrected chi connectivity index (χ4v) is 4.40. The summed E-state index contributed by atoms with van der Waals surface area (Å²) in [5, 5.41) is 2.64. The maximum absolute atomic E-state index is 13.9. The van der Waals surface area contributed by atoms with Crippen LogP contribution in [0.15, 0.2) is 52.9 Å². The van der Waals surface area contributed by atoms with Gasteiger partial charge in [-0.25, -0.2) is 17.8 Å². The van der Waals surface area contributed by atoms with E-state index in [0.29, 0.717) is 13.0 Å². The van der Waals surface area contributed by atoms with Crippen LogP contribution >= 0.6 is 0 Å². The van der Waals surface area contributed by atoms with E-state index in [2.05, 4.69) is 17.2 Å². The monoisotopic (exact) mass is 444 g/mol. The van der Waals surface area contributed by atoms with Crippen molar-refractivity contribution in [2.45, 2.75) is 32.4 Å². The molecule has 0 aliphatic heterocycles. The van der Waals surface area contributed by atoms with Crippen molar-refractivity contribution in [1.29, 1.82) is 0 Å². The molecule has 0 saturated carbocycles. The lowest BCUT2D eigenvalue weighted by Gasteiger charge is -2.07. The normalized spacial score (nSPS) is 11.5. The zero-order chi connectivity index (χ0) is 22.4. The SMILES string of the molecule is CCc1ccc(CCNC(=O)CS(=O)(=O)Cc2nc(-c3ccccc3F)oc2C)cc1. The number of nitrogens with one attached hydrogen (secondary N) is 1. The Bertz CT molecular complexity index is 1150. The minimum Gasteiger partial charge on any atom is -0.441 e. The predicted molar refractivity (Wildman–Crippen MR) is 117 cm³/mol. The van der Waals surface area contributed by atoms with E-state index in [1.54, 1.807) is 19.1 Å². The van der Waals surface area contributed by atoms with Crippen LogP contribution < -0.4 is 5.32 Å². The first-order chi connectivity index (χ1) is 14.8. The summed E-state index contributed by atoms with van der Waals surface area (Å²) in [6, 6.07) is 14.0. The smallest absolute Gasteiger partial charge is 0.235 e. The van der Waals surface area contributed by atoms with Gasteiger partial charge in [0.15, 0.2) is 9.84 Å². The lowest BCUT2D eigenvalue weighted by atomic mass is 10.1. The minimum atomic E-state index is -3.77.